The summed E-state index contributed by atoms with van der Waals surface area (Å²) < 4.78 is 38.6. The van der Waals surface area contributed by atoms with Crippen LogP contribution < -0.4 is 0 Å². The average Bonchev–Trinajstić information content (AvgIpc) is 2.72. The molecule has 2 nitrogen and oxygen atoms in total. The van der Waals surface area contributed by atoms with Crippen molar-refractivity contribution in [2.24, 2.45) is 17.3 Å². The van der Waals surface area contributed by atoms with Crippen LogP contribution in [-0.2, 0) is 0 Å². The molecule has 0 aromatic carbocycles. The van der Waals surface area contributed by atoms with Gasteiger partial charge in [0.2, 0.25) is 0 Å². The van der Waals surface area contributed by atoms with Gasteiger partial charge in [0, 0.05) is 0 Å². The highest BCUT2D eigenvalue weighted by Crippen LogP contribution is 2.56. The third-order valence-electron chi connectivity index (χ3n) is 5.06. The maximum absolute atomic E-state index is 12.9. The van der Waals surface area contributed by atoms with Gasteiger partial charge in [0.15, 0.2) is 0 Å². The van der Waals surface area contributed by atoms with Crippen molar-refractivity contribution in [1.29, 1.82) is 5.26 Å². The molecule has 5 heteroatoms. The molecule has 2 fully saturated rings. The molecule has 0 aromatic rings. The van der Waals surface area contributed by atoms with Gasteiger partial charge in [-0.3, -0.25) is 0 Å². The molecular formula is C14H20F3NO. The van der Waals surface area contributed by atoms with Crippen molar-refractivity contribution in [3.8, 4) is 6.07 Å². The Hall–Kier alpha value is -0.760. The van der Waals surface area contributed by atoms with Crippen LogP contribution in [0, 0.1) is 28.6 Å². The van der Waals surface area contributed by atoms with Crippen LogP contribution >= 0.6 is 0 Å². The van der Waals surface area contributed by atoms with Crippen LogP contribution in [0.2, 0.25) is 0 Å². The van der Waals surface area contributed by atoms with Gasteiger partial charge in [-0.15, -0.1) is 0 Å². The normalized spacial score (nSPS) is 44.0. The first kappa shape index (κ1) is 14.6. The standard InChI is InChI=1S/C14H20F3NO/c1-10-4-6-12(7-10,9-18)13(19)5-2-3-11(8-13)14(15,16)17/h10-11,19H,2-8H2,1H3. The molecule has 0 radical (unpaired) electrons. The fourth-order valence-electron chi connectivity index (χ4n) is 3.89. The maximum Gasteiger partial charge on any atom is 0.391 e. The lowest BCUT2D eigenvalue weighted by atomic mass is 9.62. The molecule has 1 N–H and O–H groups in total. The molecule has 0 heterocycles. The largest absolute Gasteiger partial charge is 0.391 e. The molecule has 2 aliphatic rings. The molecule has 4 unspecified atom stereocenters. The van der Waals surface area contributed by atoms with Crippen molar-refractivity contribution in [3.63, 3.8) is 0 Å². The molecule has 0 spiro atoms. The number of nitriles is 1. The van der Waals surface area contributed by atoms with Crippen molar-refractivity contribution >= 4 is 0 Å². The lowest BCUT2D eigenvalue weighted by Gasteiger charge is -2.46. The minimum Gasteiger partial charge on any atom is -0.388 e. The van der Waals surface area contributed by atoms with Gasteiger partial charge < -0.3 is 5.11 Å². The summed E-state index contributed by atoms with van der Waals surface area (Å²) in [5, 5.41) is 20.2. The summed E-state index contributed by atoms with van der Waals surface area (Å²) in [6, 6.07) is 2.17. The van der Waals surface area contributed by atoms with E-state index in [9.17, 15) is 23.5 Å². The molecule has 0 aliphatic heterocycles. The highest BCUT2D eigenvalue weighted by Gasteiger charge is 2.58. The predicted molar refractivity (Wildman–Crippen MR) is 64.0 cm³/mol. The van der Waals surface area contributed by atoms with E-state index in [0.717, 1.165) is 6.42 Å². The Morgan fingerprint density at radius 1 is 1.21 bits per heavy atom. The Kier molecular flexibility index (Phi) is 3.59. The van der Waals surface area contributed by atoms with E-state index in [1.165, 1.54) is 0 Å². The Bertz CT molecular complexity index is 389. The molecule has 19 heavy (non-hydrogen) atoms. The second-order valence-corrected chi connectivity index (χ2v) is 6.41. The van der Waals surface area contributed by atoms with Crippen molar-refractivity contribution in [2.75, 3.05) is 0 Å². The van der Waals surface area contributed by atoms with Crippen molar-refractivity contribution in [1.82, 2.24) is 0 Å². The van der Waals surface area contributed by atoms with Crippen molar-refractivity contribution < 1.29 is 18.3 Å². The molecule has 0 aromatic heterocycles. The summed E-state index contributed by atoms with van der Waals surface area (Å²) in [5.41, 5.74) is -2.44. The molecule has 0 bridgehead atoms. The summed E-state index contributed by atoms with van der Waals surface area (Å²) in [5.74, 6) is -1.16. The molecule has 2 aliphatic carbocycles. The molecule has 2 rings (SSSR count). The van der Waals surface area contributed by atoms with Crippen LogP contribution in [0.3, 0.4) is 0 Å². The van der Waals surface area contributed by atoms with Gasteiger partial charge in [-0.25, -0.2) is 0 Å². The summed E-state index contributed by atoms with van der Waals surface area (Å²) in [4.78, 5) is 0. The quantitative estimate of drug-likeness (QED) is 0.791. The zero-order valence-electron chi connectivity index (χ0n) is 11.1. The third kappa shape index (κ3) is 2.47. The molecule has 4 atom stereocenters. The van der Waals surface area contributed by atoms with Gasteiger partial charge in [-0.1, -0.05) is 6.92 Å². The first-order valence-corrected chi connectivity index (χ1v) is 6.93. The van der Waals surface area contributed by atoms with E-state index in [1.807, 2.05) is 6.92 Å². The third-order valence-corrected chi connectivity index (χ3v) is 5.06. The molecule has 0 amide bonds. The Morgan fingerprint density at radius 2 is 1.89 bits per heavy atom. The zero-order chi connectivity index (χ0) is 14.3. The van der Waals surface area contributed by atoms with Gasteiger partial charge >= 0.3 is 6.18 Å². The van der Waals surface area contributed by atoms with Crippen LogP contribution in [0.1, 0.15) is 51.9 Å². The van der Waals surface area contributed by atoms with E-state index in [1.54, 1.807) is 0 Å². The van der Waals surface area contributed by atoms with E-state index in [-0.39, 0.29) is 12.8 Å². The SMILES string of the molecule is CC1CCC(C#N)(C2(O)CCCC(C(F)(F)F)C2)C1. The number of hydrogen-bond acceptors (Lipinski definition) is 2. The summed E-state index contributed by atoms with van der Waals surface area (Å²) >= 11 is 0. The lowest BCUT2D eigenvalue weighted by molar-refractivity contribution is -0.212. The number of alkyl halides is 3. The van der Waals surface area contributed by atoms with Crippen LogP contribution in [-0.4, -0.2) is 16.9 Å². The number of hydrogen-bond donors (Lipinski definition) is 1. The first-order chi connectivity index (χ1) is 8.72. The Labute approximate surface area is 111 Å². The van der Waals surface area contributed by atoms with Gasteiger partial charge in [0.05, 0.1) is 23.0 Å². The summed E-state index contributed by atoms with van der Waals surface area (Å²) in [7, 11) is 0. The molecule has 0 saturated heterocycles. The number of halogens is 3. The van der Waals surface area contributed by atoms with Crippen molar-refractivity contribution in [3.05, 3.63) is 0 Å². The predicted octanol–water partition coefficient (Wildman–Crippen LogP) is 3.80. The lowest BCUT2D eigenvalue weighted by Crippen LogP contribution is -2.51. The Balaban J connectivity index is 2.24. The molecule has 2 saturated carbocycles. The van der Waals surface area contributed by atoms with E-state index >= 15 is 0 Å². The number of aliphatic hydroxyl groups is 1. The number of nitrogens with zero attached hydrogens (tertiary/aromatic N) is 1. The summed E-state index contributed by atoms with van der Waals surface area (Å²) in [6.07, 6.45) is -1.99. The highest BCUT2D eigenvalue weighted by molar-refractivity contribution is 5.16. The highest BCUT2D eigenvalue weighted by atomic mass is 19.4. The van der Waals surface area contributed by atoms with Crippen LogP contribution in [0.15, 0.2) is 0 Å². The minimum absolute atomic E-state index is 0.0723. The Morgan fingerprint density at radius 3 is 2.37 bits per heavy atom. The van der Waals surface area contributed by atoms with Gasteiger partial charge in [0.25, 0.3) is 0 Å². The second-order valence-electron chi connectivity index (χ2n) is 6.41. The number of rotatable bonds is 1. The van der Waals surface area contributed by atoms with Crippen LogP contribution in [0.4, 0.5) is 13.2 Å². The van der Waals surface area contributed by atoms with Gasteiger partial charge in [-0.05, 0) is 50.9 Å². The topological polar surface area (TPSA) is 44.0 Å². The van der Waals surface area contributed by atoms with Crippen molar-refractivity contribution in [2.45, 2.75) is 63.6 Å². The smallest absolute Gasteiger partial charge is 0.388 e. The minimum atomic E-state index is -4.27. The molecular weight excluding hydrogens is 255 g/mol. The van der Waals surface area contributed by atoms with Crippen LogP contribution in [0.25, 0.3) is 0 Å². The van der Waals surface area contributed by atoms with E-state index in [4.69, 9.17) is 0 Å². The first-order valence-electron chi connectivity index (χ1n) is 6.93. The van der Waals surface area contributed by atoms with Gasteiger partial charge in [-0.2, -0.15) is 18.4 Å². The van der Waals surface area contributed by atoms with E-state index in [2.05, 4.69) is 6.07 Å². The maximum atomic E-state index is 12.9. The zero-order valence-corrected chi connectivity index (χ0v) is 11.1. The van der Waals surface area contributed by atoms with Gasteiger partial charge in [0.1, 0.15) is 0 Å². The summed E-state index contributed by atoms with van der Waals surface area (Å²) in [6.45, 7) is 1.99. The van der Waals surface area contributed by atoms with E-state index < -0.39 is 23.1 Å². The van der Waals surface area contributed by atoms with Crippen LogP contribution in [0.5, 0.6) is 0 Å². The fraction of sp³-hybridized carbons (Fsp3) is 0.929. The second kappa shape index (κ2) is 4.66. The average molecular weight is 275 g/mol. The van der Waals surface area contributed by atoms with E-state index in [0.29, 0.717) is 31.6 Å². The molecule has 108 valence electrons. The fourth-order valence-corrected chi connectivity index (χ4v) is 3.89. The monoisotopic (exact) mass is 275 g/mol.